The van der Waals surface area contributed by atoms with Crippen LogP contribution in [0.2, 0.25) is 0 Å². The first-order valence-electron chi connectivity index (χ1n) is 6.59. The summed E-state index contributed by atoms with van der Waals surface area (Å²) >= 11 is 0. The molecule has 1 atom stereocenters. The summed E-state index contributed by atoms with van der Waals surface area (Å²) in [6, 6.07) is 0.0596. The van der Waals surface area contributed by atoms with Crippen molar-refractivity contribution in [2.75, 3.05) is 39.8 Å². The molecule has 2 heterocycles. The molecule has 1 fully saturated rings. The van der Waals surface area contributed by atoms with E-state index in [1.54, 1.807) is 0 Å². The largest absolute Gasteiger partial charge is 0.355 e. The molecule has 0 aliphatic carbocycles. The van der Waals surface area contributed by atoms with E-state index in [0.29, 0.717) is 24.8 Å². The van der Waals surface area contributed by atoms with Gasteiger partial charge in [-0.25, -0.2) is 0 Å². The molecule has 7 heteroatoms. The zero-order valence-corrected chi connectivity index (χ0v) is 11.7. The maximum atomic E-state index is 11.6. The van der Waals surface area contributed by atoms with E-state index in [0.717, 1.165) is 19.6 Å². The molecule has 1 aliphatic heterocycles. The van der Waals surface area contributed by atoms with Crippen molar-refractivity contribution in [3.63, 3.8) is 0 Å². The van der Waals surface area contributed by atoms with E-state index in [4.69, 9.17) is 4.52 Å². The van der Waals surface area contributed by atoms with E-state index >= 15 is 0 Å². The standard InChI is InChI=1S/C12H21N5O2/c1-4-13-11(18)8-17-6-5-16(3)10(7-17)12-14-9(2)15-19-12/h10H,4-8H2,1-3H3,(H,13,18). The summed E-state index contributed by atoms with van der Waals surface area (Å²) in [4.78, 5) is 20.2. The van der Waals surface area contributed by atoms with Crippen molar-refractivity contribution in [3.05, 3.63) is 11.7 Å². The van der Waals surface area contributed by atoms with Gasteiger partial charge in [0.05, 0.1) is 6.54 Å². The van der Waals surface area contributed by atoms with Crippen molar-refractivity contribution in [3.8, 4) is 0 Å². The number of nitrogens with zero attached hydrogens (tertiary/aromatic N) is 4. The van der Waals surface area contributed by atoms with Gasteiger partial charge < -0.3 is 9.84 Å². The van der Waals surface area contributed by atoms with Gasteiger partial charge in [-0.1, -0.05) is 5.16 Å². The Morgan fingerprint density at radius 1 is 1.53 bits per heavy atom. The van der Waals surface area contributed by atoms with Crippen molar-refractivity contribution in [1.82, 2.24) is 25.3 Å². The van der Waals surface area contributed by atoms with Crippen LogP contribution < -0.4 is 5.32 Å². The molecule has 1 aromatic rings. The zero-order valence-electron chi connectivity index (χ0n) is 11.7. The highest BCUT2D eigenvalue weighted by Crippen LogP contribution is 2.22. The molecule has 1 saturated heterocycles. The Labute approximate surface area is 112 Å². The van der Waals surface area contributed by atoms with Crippen LogP contribution in [0.25, 0.3) is 0 Å². The van der Waals surface area contributed by atoms with Crippen LogP contribution >= 0.6 is 0 Å². The van der Waals surface area contributed by atoms with Crippen molar-refractivity contribution >= 4 is 5.91 Å². The summed E-state index contributed by atoms with van der Waals surface area (Å²) in [5, 5.41) is 6.65. The number of hydrogen-bond donors (Lipinski definition) is 1. The van der Waals surface area contributed by atoms with Gasteiger partial charge >= 0.3 is 0 Å². The van der Waals surface area contributed by atoms with E-state index in [9.17, 15) is 4.79 Å². The van der Waals surface area contributed by atoms with E-state index < -0.39 is 0 Å². The predicted octanol–water partition coefficient (Wildman–Crippen LogP) is -0.197. The Morgan fingerprint density at radius 2 is 2.32 bits per heavy atom. The van der Waals surface area contributed by atoms with Crippen molar-refractivity contribution < 1.29 is 9.32 Å². The lowest BCUT2D eigenvalue weighted by atomic mass is 10.1. The molecule has 1 unspecified atom stereocenters. The van der Waals surface area contributed by atoms with E-state index in [-0.39, 0.29) is 11.9 Å². The summed E-state index contributed by atoms with van der Waals surface area (Å²) in [6.45, 7) is 7.30. The highest BCUT2D eigenvalue weighted by molar-refractivity contribution is 5.77. The SMILES string of the molecule is CCNC(=O)CN1CCN(C)C(c2nc(C)no2)C1. The van der Waals surface area contributed by atoms with Crippen molar-refractivity contribution in [2.24, 2.45) is 0 Å². The molecule has 0 saturated carbocycles. The maximum Gasteiger partial charge on any atom is 0.245 e. The highest BCUT2D eigenvalue weighted by atomic mass is 16.5. The molecular weight excluding hydrogens is 246 g/mol. The van der Waals surface area contributed by atoms with Gasteiger partial charge in [0.25, 0.3) is 0 Å². The number of likely N-dealkylation sites (N-methyl/N-ethyl adjacent to an activating group) is 2. The number of piperazine rings is 1. The van der Waals surface area contributed by atoms with Crippen molar-refractivity contribution in [1.29, 1.82) is 0 Å². The van der Waals surface area contributed by atoms with Gasteiger partial charge in [-0.3, -0.25) is 14.6 Å². The van der Waals surface area contributed by atoms with Crippen LogP contribution in [-0.2, 0) is 4.79 Å². The first-order valence-corrected chi connectivity index (χ1v) is 6.59. The van der Waals surface area contributed by atoms with E-state index in [2.05, 4.69) is 25.3 Å². The van der Waals surface area contributed by atoms with Crippen LogP contribution in [0.15, 0.2) is 4.52 Å². The number of carbonyl (C=O) groups is 1. The molecule has 106 valence electrons. The zero-order chi connectivity index (χ0) is 13.8. The van der Waals surface area contributed by atoms with Crippen LogP contribution in [0.3, 0.4) is 0 Å². The number of rotatable bonds is 4. The minimum atomic E-state index is 0.0596. The molecule has 0 bridgehead atoms. The fraction of sp³-hybridized carbons (Fsp3) is 0.750. The lowest BCUT2D eigenvalue weighted by molar-refractivity contribution is -0.122. The second kappa shape index (κ2) is 6.12. The Hall–Kier alpha value is -1.47. The Kier molecular flexibility index (Phi) is 4.49. The third-order valence-electron chi connectivity index (χ3n) is 3.30. The van der Waals surface area contributed by atoms with Crippen LogP contribution in [-0.4, -0.2) is 65.6 Å². The van der Waals surface area contributed by atoms with Gasteiger partial charge in [0, 0.05) is 26.2 Å². The summed E-state index contributed by atoms with van der Waals surface area (Å²) in [6.07, 6.45) is 0. The van der Waals surface area contributed by atoms with E-state index in [1.165, 1.54) is 0 Å². The number of amides is 1. The summed E-state index contributed by atoms with van der Waals surface area (Å²) < 4.78 is 5.24. The van der Waals surface area contributed by atoms with Gasteiger partial charge in [-0.05, 0) is 20.9 Å². The molecular formula is C12H21N5O2. The molecule has 0 spiro atoms. The minimum Gasteiger partial charge on any atom is -0.355 e. The lowest BCUT2D eigenvalue weighted by Crippen LogP contribution is -2.49. The highest BCUT2D eigenvalue weighted by Gasteiger charge is 2.30. The summed E-state index contributed by atoms with van der Waals surface area (Å²) in [5.74, 6) is 1.33. The molecule has 1 amide bonds. The molecule has 1 aliphatic rings. The number of hydrogen-bond acceptors (Lipinski definition) is 6. The second-order valence-electron chi connectivity index (χ2n) is 4.86. The first-order chi connectivity index (χ1) is 9.10. The van der Waals surface area contributed by atoms with Gasteiger partial charge in [0.1, 0.15) is 6.04 Å². The van der Waals surface area contributed by atoms with Crippen LogP contribution in [0.4, 0.5) is 0 Å². The summed E-state index contributed by atoms with van der Waals surface area (Å²) in [7, 11) is 2.04. The lowest BCUT2D eigenvalue weighted by Gasteiger charge is -2.37. The number of aryl methyl sites for hydroxylation is 1. The first kappa shape index (κ1) is 14.0. The average molecular weight is 267 g/mol. The van der Waals surface area contributed by atoms with Gasteiger partial charge in [-0.2, -0.15) is 4.98 Å². The van der Waals surface area contributed by atoms with E-state index in [1.807, 2.05) is 20.9 Å². The molecule has 19 heavy (non-hydrogen) atoms. The van der Waals surface area contributed by atoms with Gasteiger partial charge in [0.2, 0.25) is 11.8 Å². The monoisotopic (exact) mass is 267 g/mol. The Bertz CT molecular complexity index is 434. The van der Waals surface area contributed by atoms with Crippen LogP contribution in [0, 0.1) is 6.92 Å². The van der Waals surface area contributed by atoms with Gasteiger partial charge in [0.15, 0.2) is 5.82 Å². The fourth-order valence-corrected chi connectivity index (χ4v) is 2.25. The Balaban J connectivity index is 1.98. The van der Waals surface area contributed by atoms with Crippen LogP contribution in [0.1, 0.15) is 24.7 Å². The Morgan fingerprint density at radius 3 is 2.95 bits per heavy atom. The average Bonchev–Trinajstić information content (AvgIpc) is 2.78. The maximum absolute atomic E-state index is 11.6. The minimum absolute atomic E-state index is 0.0596. The fourth-order valence-electron chi connectivity index (χ4n) is 2.25. The van der Waals surface area contributed by atoms with Gasteiger partial charge in [-0.15, -0.1) is 0 Å². The summed E-state index contributed by atoms with van der Waals surface area (Å²) in [5.41, 5.74) is 0. The smallest absolute Gasteiger partial charge is 0.245 e. The number of aromatic nitrogens is 2. The quantitative estimate of drug-likeness (QED) is 0.814. The molecule has 7 nitrogen and oxygen atoms in total. The number of carbonyl (C=O) groups excluding carboxylic acids is 1. The third kappa shape index (κ3) is 3.51. The molecule has 0 radical (unpaired) electrons. The topological polar surface area (TPSA) is 74.5 Å². The van der Waals surface area contributed by atoms with Crippen LogP contribution in [0.5, 0.6) is 0 Å². The molecule has 0 aromatic carbocycles. The number of nitrogens with one attached hydrogen (secondary N) is 1. The molecule has 2 rings (SSSR count). The molecule has 1 N–H and O–H groups in total. The predicted molar refractivity (Wildman–Crippen MR) is 69.5 cm³/mol. The van der Waals surface area contributed by atoms with Crippen molar-refractivity contribution in [2.45, 2.75) is 19.9 Å². The normalized spacial score (nSPS) is 21.5. The second-order valence-corrected chi connectivity index (χ2v) is 4.86. The molecule has 1 aromatic heterocycles. The third-order valence-corrected chi connectivity index (χ3v) is 3.30.